The second-order valence-corrected chi connectivity index (χ2v) is 11.0. The average molecular weight is 503 g/mol. The lowest BCUT2D eigenvalue weighted by atomic mass is 9.69. The third-order valence-corrected chi connectivity index (χ3v) is 7.60. The van der Waals surface area contributed by atoms with E-state index in [1.54, 1.807) is 23.6 Å². The van der Waals surface area contributed by atoms with Crippen LogP contribution in [0.1, 0.15) is 50.2 Å². The van der Waals surface area contributed by atoms with Gasteiger partial charge in [-0.05, 0) is 44.2 Å². The van der Waals surface area contributed by atoms with E-state index in [9.17, 15) is 14.4 Å². The molecule has 0 aromatic heterocycles. The molecule has 2 unspecified atom stereocenters. The van der Waals surface area contributed by atoms with Crippen LogP contribution in [0.25, 0.3) is 6.08 Å². The third kappa shape index (κ3) is 5.77. The molecule has 0 bridgehead atoms. The summed E-state index contributed by atoms with van der Waals surface area (Å²) in [6, 6.07) is 19.2. The molecule has 7 nitrogen and oxygen atoms in total. The number of carbonyl (C=O) groups excluding carboxylic acids is 3. The lowest BCUT2D eigenvalue weighted by molar-refractivity contribution is -0.145. The number of nitrogens with zero attached hydrogens (tertiary/aromatic N) is 2. The zero-order chi connectivity index (χ0) is 26.6. The predicted molar refractivity (Wildman–Crippen MR) is 145 cm³/mol. The largest absolute Gasteiger partial charge is 0.345 e. The SMILES string of the molecule is CN1CC(c2ccccc2)C2(CCCN(C(=O)[C@@H](CC=Cc3ccccc3)NC(=O)C(C)(C)N)C2)C1=O. The number of likely N-dealkylation sites (N-methyl/N-ethyl adjacent to an activating group) is 1. The molecule has 196 valence electrons. The summed E-state index contributed by atoms with van der Waals surface area (Å²) in [5, 5.41) is 2.88. The highest BCUT2D eigenvalue weighted by atomic mass is 16.2. The van der Waals surface area contributed by atoms with Gasteiger partial charge >= 0.3 is 0 Å². The van der Waals surface area contributed by atoms with E-state index >= 15 is 0 Å². The van der Waals surface area contributed by atoms with E-state index in [1.807, 2.05) is 67.7 Å². The number of benzene rings is 2. The molecule has 3 N–H and O–H groups in total. The van der Waals surface area contributed by atoms with Gasteiger partial charge in [0.15, 0.2) is 0 Å². The first-order valence-electron chi connectivity index (χ1n) is 13.0. The Kier molecular flexibility index (Phi) is 7.83. The van der Waals surface area contributed by atoms with Crippen molar-refractivity contribution in [1.82, 2.24) is 15.1 Å². The number of hydrogen-bond donors (Lipinski definition) is 2. The van der Waals surface area contributed by atoms with Gasteiger partial charge in [-0.2, -0.15) is 0 Å². The smallest absolute Gasteiger partial charge is 0.245 e. The fourth-order valence-electron chi connectivity index (χ4n) is 5.59. The van der Waals surface area contributed by atoms with Crippen molar-refractivity contribution < 1.29 is 14.4 Å². The van der Waals surface area contributed by atoms with Gasteiger partial charge in [-0.25, -0.2) is 0 Å². The number of amides is 3. The van der Waals surface area contributed by atoms with Crippen molar-refractivity contribution in [2.75, 3.05) is 26.7 Å². The van der Waals surface area contributed by atoms with Crippen LogP contribution in [0.4, 0.5) is 0 Å². The molecule has 0 aliphatic carbocycles. The van der Waals surface area contributed by atoms with Gasteiger partial charge in [0.25, 0.3) is 0 Å². The first kappa shape index (κ1) is 26.6. The molecular formula is C30H38N4O3. The van der Waals surface area contributed by atoms with E-state index in [-0.39, 0.29) is 23.6 Å². The zero-order valence-corrected chi connectivity index (χ0v) is 22.0. The fraction of sp³-hybridized carbons (Fsp3) is 0.433. The Balaban J connectivity index is 1.58. The fourth-order valence-corrected chi connectivity index (χ4v) is 5.59. The molecule has 2 aromatic rings. The van der Waals surface area contributed by atoms with E-state index in [1.165, 1.54) is 0 Å². The van der Waals surface area contributed by atoms with Crippen molar-refractivity contribution >= 4 is 23.8 Å². The van der Waals surface area contributed by atoms with Crippen molar-refractivity contribution in [2.45, 2.75) is 50.6 Å². The summed E-state index contributed by atoms with van der Waals surface area (Å²) in [5.74, 6) is -0.463. The normalized spacial score (nSPS) is 23.0. The van der Waals surface area contributed by atoms with Crippen molar-refractivity contribution in [3.63, 3.8) is 0 Å². The molecule has 2 saturated heterocycles. The van der Waals surface area contributed by atoms with E-state index in [2.05, 4.69) is 17.4 Å². The van der Waals surface area contributed by atoms with Gasteiger partial charge in [-0.3, -0.25) is 14.4 Å². The second-order valence-electron chi connectivity index (χ2n) is 11.0. The molecule has 2 aliphatic rings. The number of carbonyl (C=O) groups is 3. The molecule has 3 atom stereocenters. The van der Waals surface area contributed by atoms with Crippen LogP contribution in [-0.2, 0) is 14.4 Å². The predicted octanol–water partition coefficient (Wildman–Crippen LogP) is 3.18. The standard InChI is InChI=1S/C30H38N4O3/c1-29(2,31)27(36)32-25(17-10-14-22-12-6-4-7-13-22)26(35)34-19-11-18-30(21-34)24(20-33(3)28(30)37)23-15-8-5-9-16-23/h4-10,12-16,24-25H,11,17-21,31H2,1-3H3,(H,32,36)/t24?,25-,30?/m1/s1. The number of nitrogens with one attached hydrogen (secondary N) is 1. The Morgan fingerprint density at radius 2 is 1.78 bits per heavy atom. The molecule has 4 rings (SSSR count). The lowest BCUT2D eigenvalue weighted by Crippen LogP contribution is -2.59. The van der Waals surface area contributed by atoms with Gasteiger partial charge in [0.1, 0.15) is 6.04 Å². The first-order chi connectivity index (χ1) is 17.6. The molecule has 0 saturated carbocycles. The maximum Gasteiger partial charge on any atom is 0.245 e. The molecule has 7 heteroatoms. The highest BCUT2D eigenvalue weighted by Crippen LogP contribution is 2.49. The van der Waals surface area contributed by atoms with E-state index in [0.717, 1.165) is 24.0 Å². The van der Waals surface area contributed by atoms with Crippen molar-refractivity contribution in [2.24, 2.45) is 11.1 Å². The number of likely N-dealkylation sites (tertiary alicyclic amines) is 2. The quantitative estimate of drug-likeness (QED) is 0.608. The van der Waals surface area contributed by atoms with Gasteiger partial charge in [-0.1, -0.05) is 72.8 Å². The van der Waals surface area contributed by atoms with Crippen molar-refractivity contribution in [3.05, 3.63) is 77.9 Å². The maximum absolute atomic E-state index is 13.9. The van der Waals surface area contributed by atoms with E-state index < -0.39 is 17.0 Å². The second kappa shape index (κ2) is 10.9. The van der Waals surface area contributed by atoms with Crippen LogP contribution < -0.4 is 11.1 Å². The van der Waals surface area contributed by atoms with Gasteiger partial charge in [0.2, 0.25) is 17.7 Å². The first-order valence-corrected chi connectivity index (χ1v) is 13.0. The summed E-state index contributed by atoms with van der Waals surface area (Å²) < 4.78 is 0. The molecule has 1 spiro atoms. The molecule has 3 amide bonds. The van der Waals surface area contributed by atoms with Crippen LogP contribution in [0, 0.1) is 5.41 Å². The molecular weight excluding hydrogens is 464 g/mol. The van der Waals surface area contributed by atoms with E-state index in [0.29, 0.717) is 26.1 Å². The van der Waals surface area contributed by atoms with Gasteiger partial charge in [-0.15, -0.1) is 0 Å². The van der Waals surface area contributed by atoms with Crippen LogP contribution in [0.5, 0.6) is 0 Å². The molecule has 37 heavy (non-hydrogen) atoms. The van der Waals surface area contributed by atoms with Crippen molar-refractivity contribution in [1.29, 1.82) is 0 Å². The Morgan fingerprint density at radius 3 is 2.43 bits per heavy atom. The minimum absolute atomic E-state index is 0.00999. The summed E-state index contributed by atoms with van der Waals surface area (Å²) in [5.41, 5.74) is 6.39. The van der Waals surface area contributed by atoms with Crippen LogP contribution in [0.3, 0.4) is 0 Å². The zero-order valence-electron chi connectivity index (χ0n) is 22.0. The average Bonchev–Trinajstić information content (AvgIpc) is 3.13. The minimum atomic E-state index is -1.12. The lowest BCUT2D eigenvalue weighted by Gasteiger charge is -2.43. The number of piperidine rings is 1. The highest BCUT2D eigenvalue weighted by Gasteiger charge is 2.55. The molecule has 0 radical (unpaired) electrons. The summed E-state index contributed by atoms with van der Waals surface area (Å²) in [4.78, 5) is 43.8. The summed E-state index contributed by atoms with van der Waals surface area (Å²) in [6.07, 6.45) is 5.65. The minimum Gasteiger partial charge on any atom is -0.345 e. The van der Waals surface area contributed by atoms with Gasteiger partial charge in [0.05, 0.1) is 11.0 Å². The van der Waals surface area contributed by atoms with Gasteiger partial charge in [0, 0.05) is 32.6 Å². The van der Waals surface area contributed by atoms with E-state index in [4.69, 9.17) is 5.73 Å². The van der Waals surface area contributed by atoms with Crippen LogP contribution in [0.2, 0.25) is 0 Å². The summed E-state index contributed by atoms with van der Waals surface area (Å²) >= 11 is 0. The Morgan fingerprint density at radius 1 is 1.14 bits per heavy atom. The number of hydrogen-bond acceptors (Lipinski definition) is 4. The molecule has 2 heterocycles. The Bertz CT molecular complexity index is 1140. The summed E-state index contributed by atoms with van der Waals surface area (Å²) in [6.45, 7) is 4.77. The van der Waals surface area contributed by atoms with Crippen LogP contribution >= 0.6 is 0 Å². The Hall–Kier alpha value is -3.45. The van der Waals surface area contributed by atoms with Crippen LogP contribution in [0.15, 0.2) is 66.7 Å². The van der Waals surface area contributed by atoms with Gasteiger partial charge < -0.3 is 20.9 Å². The monoisotopic (exact) mass is 502 g/mol. The Labute approximate surface area is 219 Å². The third-order valence-electron chi connectivity index (χ3n) is 7.60. The number of nitrogens with two attached hydrogens (primary N) is 1. The molecule has 2 aromatic carbocycles. The molecule has 2 fully saturated rings. The molecule has 2 aliphatic heterocycles. The van der Waals surface area contributed by atoms with Crippen molar-refractivity contribution in [3.8, 4) is 0 Å². The highest BCUT2D eigenvalue weighted by molar-refractivity contribution is 5.93. The van der Waals surface area contributed by atoms with Crippen LogP contribution in [-0.4, -0.2) is 65.8 Å². The summed E-state index contributed by atoms with van der Waals surface area (Å²) in [7, 11) is 1.84. The topological polar surface area (TPSA) is 95.7 Å². The number of rotatable bonds is 7. The maximum atomic E-state index is 13.9.